The van der Waals surface area contributed by atoms with Crippen molar-refractivity contribution < 1.29 is 9.47 Å². The maximum atomic E-state index is 13.1. The number of hydrogen-bond acceptors (Lipinski definition) is 6. The van der Waals surface area contributed by atoms with Gasteiger partial charge in [-0.15, -0.1) is 5.10 Å². The van der Waals surface area contributed by atoms with Gasteiger partial charge in [-0.3, -0.25) is 4.79 Å². The molecule has 0 atom stereocenters. The summed E-state index contributed by atoms with van der Waals surface area (Å²) in [6.07, 6.45) is 8.81. The molecule has 0 saturated heterocycles. The lowest BCUT2D eigenvalue weighted by Crippen LogP contribution is -2.23. The maximum Gasteiger partial charge on any atom is 0.261 e. The summed E-state index contributed by atoms with van der Waals surface area (Å²) in [5.41, 5.74) is 1.52. The van der Waals surface area contributed by atoms with Crippen molar-refractivity contribution >= 4 is 16.7 Å². The van der Waals surface area contributed by atoms with Crippen LogP contribution in [0, 0.1) is 0 Å². The van der Waals surface area contributed by atoms with Gasteiger partial charge in [0.15, 0.2) is 17.3 Å². The molecule has 0 bridgehead atoms. The Balaban J connectivity index is 1.46. The topological polar surface area (TPSA) is 83.5 Å². The Bertz CT molecular complexity index is 1320. The molecule has 0 unspecified atom stereocenters. The van der Waals surface area contributed by atoms with E-state index in [0.29, 0.717) is 41.5 Å². The summed E-state index contributed by atoms with van der Waals surface area (Å²) in [7, 11) is 0. The molecular formula is C22H21N5O3. The van der Waals surface area contributed by atoms with E-state index in [-0.39, 0.29) is 11.6 Å². The third-order valence-electron chi connectivity index (χ3n) is 5.99. The molecule has 8 nitrogen and oxygen atoms in total. The molecule has 4 aromatic rings. The molecular weight excluding hydrogens is 382 g/mol. The van der Waals surface area contributed by atoms with Gasteiger partial charge in [-0.25, -0.2) is 4.98 Å². The van der Waals surface area contributed by atoms with Crippen molar-refractivity contribution in [2.45, 2.75) is 38.1 Å². The quantitative estimate of drug-likeness (QED) is 0.510. The highest BCUT2D eigenvalue weighted by atomic mass is 16.5. The molecule has 4 heterocycles. The predicted molar refractivity (Wildman–Crippen MR) is 111 cm³/mol. The molecule has 0 N–H and O–H groups in total. The van der Waals surface area contributed by atoms with E-state index in [1.165, 1.54) is 12.8 Å². The van der Waals surface area contributed by atoms with Crippen LogP contribution in [0.15, 0.2) is 41.5 Å². The van der Waals surface area contributed by atoms with Crippen LogP contribution in [0.1, 0.15) is 38.1 Å². The second kappa shape index (κ2) is 6.83. The summed E-state index contributed by atoms with van der Waals surface area (Å²) in [5, 5.41) is 5.21. The van der Waals surface area contributed by atoms with Gasteiger partial charge in [0, 0.05) is 30.4 Å². The second-order valence-electron chi connectivity index (χ2n) is 7.88. The van der Waals surface area contributed by atoms with Crippen molar-refractivity contribution in [3.63, 3.8) is 0 Å². The summed E-state index contributed by atoms with van der Waals surface area (Å²) < 4.78 is 15.0. The number of pyridine rings is 1. The predicted octanol–water partition coefficient (Wildman–Crippen LogP) is 3.38. The van der Waals surface area contributed by atoms with Crippen molar-refractivity contribution in [3.05, 3.63) is 47.0 Å². The average molecular weight is 403 g/mol. The molecule has 0 spiro atoms. The molecule has 0 radical (unpaired) electrons. The number of rotatable bonds is 2. The van der Waals surface area contributed by atoms with E-state index in [2.05, 4.69) is 15.1 Å². The minimum absolute atomic E-state index is 0.0126. The van der Waals surface area contributed by atoms with Crippen LogP contribution < -0.4 is 15.0 Å². The molecule has 152 valence electrons. The van der Waals surface area contributed by atoms with E-state index in [0.717, 1.165) is 30.6 Å². The minimum Gasteiger partial charge on any atom is -0.490 e. The SMILES string of the molecule is O=c1c2cnc3nc(-c4ccc5c(c4)OCCCO5)nn3c2ccn1C1CCCC1. The van der Waals surface area contributed by atoms with Crippen LogP contribution in [0.4, 0.5) is 0 Å². The number of ether oxygens (including phenoxy) is 2. The smallest absolute Gasteiger partial charge is 0.261 e. The van der Waals surface area contributed by atoms with Crippen molar-refractivity contribution in [1.82, 2.24) is 24.1 Å². The molecule has 1 aromatic carbocycles. The van der Waals surface area contributed by atoms with Gasteiger partial charge in [0.05, 0.1) is 24.1 Å². The highest BCUT2D eigenvalue weighted by molar-refractivity contribution is 5.79. The second-order valence-corrected chi connectivity index (χ2v) is 7.88. The lowest BCUT2D eigenvalue weighted by Gasteiger charge is -2.13. The van der Waals surface area contributed by atoms with Crippen LogP contribution in [-0.2, 0) is 0 Å². The Hall–Kier alpha value is -3.42. The number of benzene rings is 1. The van der Waals surface area contributed by atoms with Crippen LogP contribution in [0.25, 0.3) is 28.1 Å². The molecule has 6 rings (SSSR count). The zero-order chi connectivity index (χ0) is 20.1. The van der Waals surface area contributed by atoms with E-state index in [1.54, 1.807) is 10.7 Å². The van der Waals surface area contributed by atoms with Gasteiger partial charge in [0.25, 0.3) is 11.3 Å². The number of fused-ring (bicyclic) bond motifs is 4. The molecule has 1 fully saturated rings. The number of hydrogen-bond donors (Lipinski definition) is 0. The molecule has 30 heavy (non-hydrogen) atoms. The van der Waals surface area contributed by atoms with Crippen LogP contribution in [-0.4, -0.2) is 37.4 Å². The van der Waals surface area contributed by atoms with Gasteiger partial charge >= 0.3 is 0 Å². The third-order valence-corrected chi connectivity index (χ3v) is 5.99. The molecule has 1 saturated carbocycles. The first-order valence-electron chi connectivity index (χ1n) is 10.4. The molecule has 0 amide bonds. The Labute approximate surface area is 172 Å². The van der Waals surface area contributed by atoms with Crippen molar-refractivity contribution in [2.24, 2.45) is 0 Å². The fraction of sp³-hybridized carbons (Fsp3) is 0.364. The monoisotopic (exact) mass is 403 g/mol. The van der Waals surface area contributed by atoms with Crippen molar-refractivity contribution in [1.29, 1.82) is 0 Å². The first-order valence-corrected chi connectivity index (χ1v) is 10.4. The summed E-state index contributed by atoms with van der Waals surface area (Å²) in [6.45, 7) is 1.27. The summed E-state index contributed by atoms with van der Waals surface area (Å²) in [5.74, 6) is 2.42. The zero-order valence-corrected chi connectivity index (χ0v) is 16.5. The summed E-state index contributed by atoms with van der Waals surface area (Å²) in [4.78, 5) is 22.0. The van der Waals surface area contributed by atoms with Gasteiger partial charge in [-0.2, -0.15) is 9.50 Å². The highest BCUT2D eigenvalue weighted by Crippen LogP contribution is 2.33. The van der Waals surface area contributed by atoms with Crippen LogP contribution in [0.2, 0.25) is 0 Å². The van der Waals surface area contributed by atoms with E-state index in [1.807, 2.05) is 35.0 Å². The normalized spacial score (nSPS) is 16.9. The zero-order valence-electron chi connectivity index (χ0n) is 16.5. The summed E-state index contributed by atoms with van der Waals surface area (Å²) >= 11 is 0. The van der Waals surface area contributed by atoms with Gasteiger partial charge in [0.2, 0.25) is 0 Å². The average Bonchev–Trinajstić information content (AvgIpc) is 3.39. The fourth-order valence-corrected chi connectivity index (χ4v) is 4.43. The van der Waals surface area contributed by atoms with Gasteiger partial charge < -0.3 is 14.0 Å². The Kier molecular flexibility index (Phi) is 3.97. The van der Waals surface area contributed by atoms with Crippen LogP contribution in [0.5, 0.6) is 11.5 Å². The van der Waals surface area contributed by atoms with Gasteiger partial charge in [0.1, 0.15) is 0 Å². The highest BCUT2D eigenvalue weighted by Gasteiger charge is 2.20. The third kappa shape index (κ3) is 2.74. The minimum atomic E-state index is -0.0126. The fourth-order valence-electron chi connectivity index (χ4n) is 4.43. The van der Waals surface area contributed by atoms with E-state index >= 15 is 0 Å². The number of aromatic nitrogens is 5. The van der Waals surface area contributed by atoms with E-state index in [9.17, 15) is 4.79 Å². The van der Waals surface area contributed by atoms with Crippen LogP contribution >= 0.6 is 0 Å². The van der Waals surface area contributed by atoms with Crippen LogP contribution in [0.3, 0.4) is 0 Å². The molecule has 1 aliphatic carbocycles. The Morgan fingerprint density at radius 3 is 2.70 bits per heavy atom. The van der Waals surface area contributed by atoms with Crippen molar-refractivity contribution in [2.75, 3.05) is 13.2 Å². The van der Waals surface area contributed by atoms with Crippen molar-refractivity contribution in [3.8, 4) is 22.9 Å². The summed E-state index contributed by atoms with van der Waals surface area (Å²) in [6, 6.07) is 7.91. The largest absolute Gasteiger partial charge is 0.490 e. The standard InChI is InChI=1S/C22H21N5O3/c28-21-16-13-23-22-24-20(14-6-7-18-19(12-14)30-11-3-10-29-18)25-27(22)17(16)8-9-26(21)15-4-1-2-5-15/h6-9,12-13,15H,1-5,10-11H2. The Morgan fingerprint density at radius 1 is 1.00 bits per heavy atom. The molecule has 1 aliphatic heterocycles. The molecule has 8 heteroatoms. The van der Waals surface area contributed by atoms with E-state index in [4.69, 9.17) is 9.47 Å². The van der Waals surface area contributed by atoms with Gasteiger partial charge in [-0.05, 0) is 37.1 Å². The Morgan fingerprint density at radius 2 is 1.83 bits per heavy atom. The first-order chi connectivity index (χ1) is 14.8. The van der Waals surface area contributed by atoms with Gasteiger partial charge in [-0.1, -0.05) is 12.8 Å². The van der Waals surface area contributed by atoms with E-state index < -0.39 is 0 Å². The number of nitrogens with zero attached hydrogens (tertiary/aromatic N) is 5. The molecule has 3 aromatic heterocycles. The maximum absolute atomic E-state index is 13.1. The first kappa shape index (κ1) is 17.4. The molecule has 2 aliphatic rings. The lowest BCUT2D eigenvalue weighted by atomic mass is 10.2. The lowest BCUT2D eigenvalue weighted by molar-refractivity contribution is 0.297.